The zero-order valence-corrected chi connectivity index (χ0v) is 20.2. The van der Waals surface area contributed by atoms with Gasteiger partial charge in [0.15, 0.2) is 0 Å². The first-order valence-electron chi connectivity index (χ1n) is 12.3. The Hall–Kier alpha value is -1.24. The topological polar surface area (TPSA) is 80.7 Å². The zero-order valence-electron chi connectivity index (χ0n) is 19.4. The molecule has 0 bridgehead atoms. The Morgan fingerprint density at radius 3 is 2.47 bits per heavy atom. The number of rotatable bonds is 3. The number of carbonyl (C=O) groups is 1. The quantitative estimate of drug-likeness (QED) is 0.664. The minimum Gasteiger partial charge on any atom is -0.390 e. The first-order valence-corrected chi connectivity index (χ1v) is 13.7. The third-order valence-electron chi connectivity index (χ3n) is 9.87. The number of carbonyl (C=O) groups excluding carboxylic acids is 1. The number of benzene rings is 1. The van der Waals surface area contributed by atoms with E-state index in [4.69, 9.17) is 4.18 Å². The molecule has 1 aromatic carbocycles. The van der Waals surface area contributed by atoms with Crippen molar-refractivity contribution in [1.29, 1.82) is 0 Å². The average molecular weight is 461 g/mol. The largest absolute Gasteiger partial charge is 0.390 e. The average Bonchev–Trinajstić information content (AvgIpc) is 2.97. The molecule has 0 amide bonds. The van der Waals surface area contributed by atoms with Gasteiger partial charge in [0.25, 0.3) is 10.1 Å². The third-order valence-corrected chi connectivity index (χ3v) is 11.2. The fraction of sp³-hybridized carbons (Fsp3) is 0.731. The number of fused-ring (bicyclic) bond motifs is 5. The van der Waals surface area contributed by atoms with Gasteiger partial charge >= 0.3 is 0 Å². The Morgan fingerprint density at radius 2 is 1.75 bits per heavy atom. The Labute approximate surface area is 192 Å². The second kappa shape index (κ2) is 7.64. The van der Waals surface area contributed by atoms with Gasteiger partial charge in [0.1, 0.15) is 5.78 Å². The molecule has 0 radical (unpaired) electrons. The van der Waals surface area contributed by atoms with Gasteiger partial charge < -0.3 is 5.11 Å². The summed E-state index contributed by atoms with van der Waals surface area (Å²) in [5.74, 6) is 1.70. The molecular formula is C26H36O5S. The van der Waals surface area contributed by atoms with Crippen LogP contribution in [0.5, 0.6) is 0 Å². The molecule has 0 aromatic heterocycles. The lowest BCUT2D eigenvalue weighted by atomic mass is 9.48. The summed E-state index contributed by atoms with van der Waals surface area (Å²) in [6.07, 6.45) is 5.91. The molecule has 4 aliphatic rings. The lowest BCUT2D eigenvalue weighted by Gasteiger charge is -2.58. The summed E-state index contributed by atoms with van der Waals surface area (Å²) in [5.41, 5.74) is 0.0461. The molecule has 5 rings (SSSR count). The van der Waals surface area contributed by atoms with Gasteiger partial charge in [0, 0.05) is 12.8 Å². The molecule has 6 heteroatoms. The number of aryl methyl sites for hydroxylation is 1. The van der Waals surface area contributed by atoms with Crippen LogP contribution in [0.1, 0.15) is 70.8 Å². The standard InChI is InChI=1S/C26H36O5S/c1-16-4-7-19(8-5-16)32(29,30)31-23-15-17-14-18(27)6-9-20(17)21-10-12-25(2)22(24(21)23)11-13-26(25,3)28/h4-5,7-8,17,20-24,28H,6,9-15H2,1-3H3/t17-,20+,21-,22+,23+,24-,25+,26+/m1/s1. The van der Waals surface area contributed by atoms with E-state index >= 15 is 0 Å². The Bertz CT molecular complexity index is 998. The van der Waals surface area contributed by atoms with Gasteiger partial charge in [-0.05, 0) is 99.5 Å². The normalized spacial score (nSPS) is 43.9. The Kier molecular flexibility index (Phi) is 5.38. The minimum absolute atomic E-state index is 0.109. The second-order valence-corrected chi connectivity index (χ2v) is 13.0. The van der Waals surface area contributed by atoms with Gasteiger partial charge in [0.05, 0.1) is 16.6 Å². The lowest BCUT2D eigenvalue weighted by molar-refractivity contribution is -0.153. The molecule has 8 atom stereocenters. The van der Waals surface area contributed by atoms with Crippen molar-refractivity contribution in [2.24, 2.45) is 35.0 Å². The fourth-order valence-electron chi connectivity index (χ4n) is 7.92. The molecule has 4 aliphatic carbocycles. The molecule has 0 heterocycles. The highest BCUT2D eigenvalue weighted by atomic mass is 32.2. The van der Waals surface area contributed by atoms with Crippen molar-refractivity contribution >= 4 is 15.9 Å². The molecule has 176 valence electrons. The number of Topliss-reactive ketones (excluding diaryl/α,β-unsaturated/α-hetero) is 1. The molecule has 1 aromatic rings. The van der Waals surface area contributed by atoms with E-state index < -0.39 is 21.8 Å². The van der Waals surface area contributed by atoms with Crippen LogP contribution in [0.2, 0.25) is 0 Å². The SMILES string of the molecule is Cc1ccc(S(=O)(=O)O[C@H]2C[C@H]3CC(=O)CC[C@@H]3[C@H]3CC[C@@]4(C)[C@@H](CC[C@]4(C)O)[C@@H]32)cc1. The first-order chi connectivity index (χ1) is 15.0. The van der Waals surface area contributed by atoms with Crippen LogP contribution in [0.15, 0.2) is 29.2 Å². The predicted molar refractivity (Wildman–Crippen MR) is 121 cm³/mol. The van der Waals surface area contributed by atoms with Gasteiger partial charge in [-0.25, -0.2) is 0 Å². The van der Waals surface area contributed by atoms with Gasteiger partial charge in [0.2, 0.25) is 0 Å². The third kappa shape index (κ3) is 3.48. The highest BCUT2D eigenvalue weighted by Gasteiger charge is 2.63. The van der Waals surface area contributed by atoms with Crippen molar-refractivity contribution in [1.82, 2.24) is 0 Å². The number of ketones is 1. The van der Waals surface area contributed by atoms with Crippen LogP contribution in [0.4, 0.5) is 0 Å². The minimum atomic E-state index is -3.90. The van der Waals surface area contributed by atoms with E-state index in [0.29, 0.717) is 36.9 Å². The zero-order chi connectivity index (χ0) is 22.9. The first kappa shape index (κ1) is 22.5. The van der Waals surface area contributed by atoms with Crippen molar-refractivity contribution in [3.8, 4) is 0 Å². The van der Waals surface area contributed by atoms with Gasteiger partial charge in [-0.15, -0.1) is 0 Å². The van der Waals surface area contributed by atoms with E-state index in [2.05, 4.69) is 6.92 Å². The van der Waals surface area contributed by atoms with Crippen molar-refractivity contribution in [3.63, 3.8) is 0 Å². The number of hydrogen-bond acceptors (Lipinski definition) is 5. The molecule has 0 spiro atoms. The van der Waals surface area contributed by atoms with E-state index in [9.17, 15) is 18.3 Å². The maximum atomic E-state index is 13.3. The van der Waals surface area contributed by atoms with Gasteiger partial charge in [-0.2, -0.15) is 8.42 Å². The Morgan fingerprint density at radius 1 is 1.03 bits per heavy atom. The summed E-state index contributed by atoms with van der Waals surface area (Å²) >= 11 is 0. The lowest BCUT2D eigenvalue weighted by Crippen LogP contribution is -2.57. The molecule has 1 N–H and O–H groups in total. The van der Waals surface area contributed by atoms with E-state index in [0.717, 1.165) is 37.7 Å². The summed E-state index contributed by atoms with van der Waals surface area (Å²) in [5, 5.41) is 11.2. The van der Waals surface area contributed by atoms with Crippen molar-refractivity contribution < 1.29 is 22.5 Å². The predicted octanol–water partition coefficient (Wildman–Crippen LogP) is 4.65. The summed E-state index contributed by atoms with van der Waals surface area (Å²) in [6, 6.07) is 6.82. The van der Waals surface area contributed by atoms with Gasteiger partial charge in [-0.1, -0.05) is 24.6 Å². The Balaban J connectivity index is 1.51. The number of aliphatic hydroxyl groups is 1. The van der Waals surface area contributed by atoms with Crippen molar-refractivity contribution in [2.75, 3.05) is 0 Å². The van der Waals surface area contributed by atoms with Crippen LogP contribution in [-0.4, -0.2) is 31.0 Å². The number of hydrogen-bond donors (Lipinski definition) is 1. The van der Waals surface area contributed by atoms with Crippen LogP contribution in [-0.2, 0) is 19.1 Å². The van der Waals surface area contributed by atoms with Crippen LogP contribution in [0, 0.1) is 41.9 Å². The molecule has 32 heavy (non-hydrogen) atoms. The van der Waals surface area contributed by atoms with E-state index in [1.165, 1.54) is 0 Å². The van der Waals surface area contributed by atoms with Crippen LogP contribution >= 0.6 is 0 Å². The van der Waals surface area contributed by atoms with Gasteiger partial charge in [-0.3, -0.25) is 8.98 Å². The molecule has 0 aliphatic heterocycles. The van der Waals surface area contributed by atoms with E-state index in [1.54, 1.807) is 24.3 Å². The fourth-order valence-corrected chi connectivity index (χ4v) is 9.03. The monoisotopic (exact) mass is 460 g/mol. The summed E-state index contributed by atoms with van der Waals surface area (Å²) in [6.45, 7) is 6.08. The van der Waals surface area contributed by atoms with Crippen LogP contribution < -0.4 is 0 Å². The molecule has 4 fully saturated rings. The van der Waals surface area contributed by atoms with Crippen molar-refractivity contribution in [3.05, 3.63) is 29.8 Å². The molecular weight excluding hydrogens is 424 g/mol. The van der Waals surface area contributed by atoms with E-state index in [1.807, 2.05) is 13.8 Å². The summed E-state index contributed by atoms with van der Waals surface area (Å²) in [7, 11) is -3.90. The molecule has 0 saturated heterocycles. The van der Waals surface area contributed by atoms with Crippen molar-refractivity contribution in [2.45, 2.75) is 88.7 Å². The molecule has 0 unspecified atom stereocenters. The maximum Gasteiger partial charge on any atom is 0.297 e. The van der Waals surface area contributed by atoms with Crippen LogP contribution in [0.25, 0.3) is 0 Å². The highest BCUT2D eigenvalue weighted by Crippen LogP contribution is 2.65. The maximum absolute atomic E-state index is 13.3. The second-order valence-electron chi connectivity index (χ2n) is 11.5. The van der Waals surface area contributed by atoms with Crippen LogP contribution in [0.3, 0.4) is 0 Å². The molecule has 5 nitrogen and oxygen atoms in total. The summed E-state index contributed by atoms with van der Waals surface area (Å²) in [4.78, 5) is 12.4. The molecule has 4 saturated carbocycles. The summed E-state index contributed by atoms with van der Waals surface area (Å²) < 4.78 is 32.6. The van der Waals surface area contributed by atoms with E-state index in [-0.39, 0.29) is 28.1 Å². The highest BCUT2D eigenvalue weighted by molar-refractivity contribution is 7.86. The smallest absolute Gasteiger partial charge is 0.297 e.